The van der Waals surface area contributed by atoms with Crippen LogP contribution in [0.3, 0.4) is 0 Å². The SMILES string of the molecule is Cc1cccc(NC(=O)CCCN2C(=O)/C(=C\c3ccccc3Cl)SC2=S)c1C. The van der Waals surface area contributed by atoms with Crippen LogP contribution in [0, 0.1) is 13.8 Å². The van der Waals surface area contributed by atoms with E-state index in [1.807, 2.05) is 50.2 Å². The molecule has 1 saturated heterocycles. The lowest BCUT2D eigenvalue weighted by Gasteiger charge is -2.14. The third kappa shape index (κ3) is 5.26. The molecule has 0 atom stereocenters. The maximum absolute atomic E-state index is 12.7. The highest BCUT2D eigenvalue weighted by Crippen LogP contribution is 2.33. The average molecular weight is 445 g/mol. The number of nitrogens with one attached hydrogen (secondary N) is 1. The number of thioether (sulfide) groups is 1. The molecule has 1 fully saturated rings. The Balaban J connectivity index is 1.56. The molecule has 0 unspecified atom stereocenters. The van der Waals surface area contributed by atoms with Gasteiger partial charge in [-0.05, 0) is 55.2 Å². The van der Waals surface area contributed by atoms with Crippen molar-refractivity contribution in [1.29, 1.82) is 0 Å². The summed E-state index contributed by atoms with van der Waals surface area (Å²) in [5, 5.41) is 3.52. The normalized spacial score (nSPS) is 15.3. The van der Waals surface area contributed by atoms with Crippen molar-refractivity contribution in [2.45, 2.75) is 26.7 Å². The van der Waals surface area contributed by atoms with E-state index in [4.69, 9.17) is 23.8 Å². The Morgan fingerprint density at radius 2 is 1.97 bits per heavy atom. The number of aryl methyl sites for hydroxylation is 1. The molecule has 7 heteroatoms. The lowest BCUT2D eigenvalue weighted by Crippen LogP contribution is -2.29. The minimum Gasteiger partial charge on any atom is -0.326 e. The van der Waals surface area contributed by atoms with Gasteiger partial charge in [0.15, 0.2) is 0 Å². The van der Waals surface area contributed by atoms with E-state index in [-0.39, 0.29) is 11.8 Å². The maximum atomic E-state index is 12.7. The lowest BCUT2D eigenvalue weighted by atomic mass is 10.1. The van der Waals surface area contributed by atoms with E-state index >= 15 is 0 Å². The van der Waals surface area contributed by atoms with Gasteiger partial charge in [0.25, 0.3) is 5.91 Å². The zero-order chi connectivity index (χ0) is 21.0. The van der Waals surface area contributed by atoms with Gasteiger partial charge in [0.1, 0.15) is 4.32 Å². The van der Waals surface area contributed by atoms with E-state index in [2.05, 4.69) is 5.32 Å². The summed E-state index contributed by atoms with van der Waals surface area (Å²) in [6.45, 7) is 4.40. The molecule has 2 aromatic rings. The minimum atomic E-state index is -0.144. The molecule has 1 N–H and O–H groups in total. The van der Waals surface area contributed by atoms with Crippen molar-refractivity contribution < 1.29 is 9.59 Å². The second-order valence-corrected chi connectivity index (χ2v) is 8.84. The molecule has 0 radical (unpaired) electrons. The topological polar surface area (TPSA) is 49.4 Å². The van der Waals surface area contributed by atoms with E-state index in [9.17, 15) is 9.59 Å². The zero-order valence-electron chi connectivity index (χ0n) is 16.2. The Hall–Kier alpha value is -2.15. The van der Waals surface area contributed by atoms with Crippen LogP contribution in [0.2, 0.25) is 5.02 Å². The molecule has 0 aliphatic carbocycles. The first-order valence-corrected chi connectivity index (χ1v) is 10.8. The summed E-state index contributed by atoms with van der Waals surface area (Å²) in [5.74, 6) is -0.217. The minimum absolute atomic E-state index is 0.0734. The summed E-state index contributed by atoms with van der Waals surface area (Å²) in [6, 6.07) is 13.2. The molecular weight excluding hydrogens is 424 g/mol. The van der Waals surface area contributed by atoms with Crippen molar-refractivity contribution in [2.24, 2.45) is 0 Å². The fourth-order valence-corrected chi connectivity index (χ4v) is 4.41. The van der Waals surface area contributed by atoms with Gasteiger partial charge in [-0.2, -0.15) is 0 Å². The van der Waals surface area contributed by atoms with Crippen molar-refractivity contribution in [3.05, 3.63) is 69.1 Å². The number of rotatable bonds is 6. The Morgan fingerprint density at radius 3 is 2.72 bits per heavy atom. The number of carbonyl (C=O) groups excluding carboxylic acids is 2. The number of thiocarbonyl (C=S) groups is 1. The summed E-state index contributed by atoms with van der Waals surface area (Å²) >= 11 is 12.8. The molecule has 1 aliphatic heterocycles. The molecule has 0 bridgehead atoms. The molecule has 2 amide bonds. The quantitative estimate of drug-likeness (QED) is 0.467. The van der Waals surface area contributed by atoms with Gasteiger partial charge in [-0.1, -0.05) is 65.9 Å². The van der Waals surface area contributed by atoms with Gasteiger partial charge in [-0.25, -0.2) is 0 Å². The van der Waals surface area contributed by atoms with Crippen LogP contribution in [-0.4, -0.2) is 27.6 Å². The van der Waals surface area contributed by atoms with E-state index in [0.717, 1.165) is 22.4 Å². The zero-order valence-corrected chi connectivity index (χ0v) is 18.6. The fraction of sp³-hybridized carbons (Fsp3) is 0.227. The maximum Gasteiger partial charge on any atom is 0.266 e. The molecule has 4 nitrogen and oxygen atoms in total. The standard InChI is InChI=1S/C22H21ClN2O2S2/c1-14-7-5-10-18(15(14)2)24-20(26)11-6-12-25-21(27)19(29-22(25)28)13-16-8-3-4-9-17(16)23/h3-5,7-10,13H,6,11-12H2,1-2H3,(H,24,26)/b19-13+. The molecule has 29 heavy (non-hydrogen) atoms. The highest BCUT2D eigenvalue weighted by Gasteiger charge is 2.31. The van der Waals surface area contributed by atoms with Crippen LogP contribution in [-0.2, 0) is 9.59 Å². The predicted octanol–water partition coefficient (Wildman–Crippen LogP) is 5.58. The number of hydrogen-bond acceptors (Lipinski definition) is 4. The third-order valence-corrected chi connectivity index (χ3v) is 6.45. The smallest absolute Gasteiger partial charge is 0.266 e. The number of benzene rings is 2. The Kier molecular flexibility index (Phi) is 7.11. The summed E-state index contributed by atoms with van der Waals surface area (Å²) in [4.78, 5) is 27.1. The third-order valence-electron chi connectivity index (χ3n) is 4.73. The van der Waals surface area contributed by atoms with E-state index < -0.39 is 0 Å². The molecule has 0 spiro atoms. The van der Waals surface area contributed by atoms with Gasteiger partial charge in [0, 0.05) is 23.7 Å². The van der Waals surface area contributed by atoms with Crippen LogP contribution in [0.1, 0.15) is 29.5 Å². The largest absolute Gasteiger partial charge is 0.326 e. The van der Waals surface area contributed by atoms with Gasteiger partial charge in [0.05, 0.1) is 4.91 Å². The highest BCUT2D eigenvalue weighted by atomic mass is 35.5. The summed E-state index contributed by atoms with van der Waals surface area (Å²) in [7, 11) is 0. The molecule has 2 aromatic carbocycles. The molecule has 1 heterocycles. The van der Waals surface area contributed by atoms with Gasteiger partial charge in [-0.3, -0.25) is 14.5 Å². The molecule has 0 saturated carbocycles. The molecule has 1 aliphatic rings. The van der Waals surface area contributed by atoms with Crippen molar-refractivity contribution >= 4 is 63.5 Å². The van der Waals surface area contributed by atoms with Gasteiger partial charge < -0.3 is 5.32 Å². The molecule has 150 valence electrons. The number of halogens is 1. The Bertz CT molecular complexity index is 1000. The van der Waals surface area contributed by atoms with Gasteiger partial charge in [0.2, 0.25) is 5.91 Å². The van der Waals surface area contributed by atoms with Crippen molar-refractivity contribution in [3.63, 3.8) is 0 Å². The van der Waals surface area contributed by atoms with Gasteiger partial charge in [-0.15, -0.1) is 0 Å². The van der Waals surface area contributed by atoms with E-state index in [0.29, 0.717) is 33.6 Å². The van der Waals surface area contributed by atoms with Crippen molar-refractivity contribution in [2.75, 3.05) is 11.9 Å². The van der Waals surface area contributed by atoms with Crippen LogP contribution in [0.5, 0.6) is 0 Å². The number of amides is 2. The van der Waals surface area contributed by atoms with Crippen LogP contribution in [0.25, 0.3) is 6.08 Å². The van der Waals surface area contributed by atoms with Crippen LogP contribution in [0.4, 0.5) is 5.69 Å². The molecular formula is C22H21ClN2O2S2. The van der Waals surface area contributed by atoms with E-state index in [1.165, 1.54) is 11.8 Å². The number of anilines is 1. The predicted molar refractivity (Wildman–Crippen MR) is 125 cm³/mol. The number of hydrogen-bond donors (Lipinski definition) is 1. The monoisotopic (exact) mass is 444 g/mol. The highest BCUT2D eigenvalue weighted by molar-refractivity contribution is 8.26. The first kappa shape index (κ1) is 21.6. The second-order valence-electron chi connectivity index (χ2n) is 6.75. The second kappa shape index (κ2) is 9.57. The lowest BCUT2D eigenvalue weighted by molar-refractivity contribution is -0.122. The number of carbonyl (C=O) groups is 2. The first-order chi connectivity index (χ1) is 13.9. The molecule has 0 aromatic heterocycles. The fourth-order valence-electron chi connectivity index (χ4n) is 2.92. The van der Waals surface area contributed by atoms with Crippen molar-refractivity contribution in [3.8, 4) is 0 Å². The summed E-state index contributed by atoms with van der Waals surface area (Å²) in [5.41, 5.74) is 3.79. The average Bonchev–Trinajstić information content (AvgIpc) is 2.94. The van der Waals surface area contributed by atoms with Crippen LogP contribution < -0.4 is 5.32 Å². The number of nitrogens with zero attached hydrogens (tertiary/aromatic N) is 1. The van der Waals surface area contributed by atoms with Crippen LogP contribution >= 0.6 is 35.6 Å². The summed E-state index contributed by atoms with van der Waals surface area (Å²) in [6.07, 6.45) is 2.60. The van der Waals surface area contributed by atoms with Gasteiger partial charge >= 0.3 is 0 Å². The molecule has 3 rings (SSSR count). The first-order valence-electron chi connectivity index (χ1n) is 9.23. The Morgan fingerprint density at radius 1 is 1.21 bits per heavy atom. The Labute approximate surface area is 185 Å². The summed E-state index contributed by atoms with van der Waals surface area (Å²) < 4.78 is 0.503. The van der Waals surface area contributed by atoms with E-state index in [1.54, 1.807) is 17.0 Å². The van der Waals surface area contributed by atoms with Crippen molar-refractivity contribution in [1.82, 2.24) is 4.90 Å². The van der Waals surface area contributed by atoms with Crippen LogP contribution in [0.15, 0.2) is 47.4 Å².